The number of halogens is 1. The van der Waals surface area contributed by atoms with Crippen molar-refractivity contribution in [2.75, 3.05) is 0 Å². The molecule has 0 radical (unpaired) electrons. The van der Waals surface area contributed by atoms with Gasteiger partial charge >= 0.3 is 0 Å². The van der Waals surface area contributed by atoms with Gasteiger partial charge in [0.05, 0.1) is 17.9 Å². The predicted octanol–water partition coefficient (Wildman–Crippen LogP) is 2.67. The minimum atomic E-state index is -0.276. The molecule has 0 unspecified atom stereocenters. The first-order chi connectivity index (χ1) is 9.60. The minimum Gasteiger partial charge on any atom is -0.350 e. The van der Waals surface area contributed by atoms with E-state index >= 15 is 0 Å². The zero-order valence-electron chi connectivity index (χ0n) is 11.6. The Kier molecular flexibility index (Phi) is 4.50. The van der Waals surface area contributed by atoms with Crippen LogP contribution < -0.4 is 5.32 Å². The van der Waals surface area contributed by atoms with Crippen LogP contribution in [-0.2, 0) is 11.3 Å². The molecule has 4 nitrogen and oxygen atoms in total. The van der Waals surface area contributed by atoms with Gasteiger partial charge in [-0.3, -0.25) is 4.79 Å². The van der Waals surface area contributed by atoms with E-state index < -0.39 is 0 Å². The molecule has 0 fully saturated rings. The number of hydrogen-bond acceptors (Lipinski definition) is 2. The van der Waals surface area contributed by atoms with Gasteiger partial charge in [0.1, 0.15) is 5.82 Å². The summed E-state index contributed by atoms with van der Waals surface area (Å²) in [6, 6.07) is 7.93. The minimum absolute atomic E-state index is 0.00850. The number of aromatic nitrogens is 2. The highest BCUT2D eigenvalue weighted by molar-refractivity contribution is 5.78. The van der Waals surface area contributed by atoms with Crippen molar-refractivity contribution in [2.24, 2.45) is 5.92 Å². The van der Waals surface area contributed by atoms with Crippen molar-refractivity contribution < 1.29 is 9.18 Å². The third kappa shape index (κ3) is 3.44. The Morgan fingerprint density at radius 2 is 2.05 bits per heavy atom. The lowest BCUT2D eigenvalue weighted by atomic mass is 10.1. The summed E-state index contributed by atoms with van der Waals surface area (Å²) in [4.78, 5) is 11.7. The number of nitrogens with one attached hydrogen (secondary N) is 1. The van der Waals surface area contributed by atoms with E-state index in [2.05, 4.69) is 10.4 Å². The summed E-state index contributed by atoms with van der Waals surface area (Å²) in [5.41, 5.74) is 1.55. The van der Waals surface area contributed by atoms with Gasteiger partial charge in [-0.25, -0.2) is 9.07 Å². The van der Waals surface area contributed by atoms with E-state index in [0.717, 1.165) is 17.8 Å². The van der Waals surface area contributed by atoms with Gasteiger partial charge in [-0.15, -0.1) is 0 Å². The highest BCUT2D eigenvalue weighted by Gasteiger charge is 2.10. The van der Waals surface area contributed by atoms with Crippen molar-refractivity contribution >= 4 is 5.91 Å². The van der Waals surface area contributed by atoms with Gasteiger partial charge < -0.3 is 5.32 Å². The second kappa shape index (κ2) is 6.32. The van der Waals surface area contributed by atoms with E-state index in [1.807, 2.05) is 19.9 Å². The number of nitrogens with zero attached hydrogens (tertiary/aromatic N) is 2. The van der Waals surface area contributed by atoms with Gasteiger partial charge in [0, 0.05) is 12.1 Å². The first kappa shape index (κ1) is 14.2. The fourth-order valence-electron chi connectivity index (χ4n) is 1.73. The smallest absolute Gasteiger partial charge is 0.223 e. The normalized spacial score (nSPS) is 12.2. The lowest BCUT2D eigenvalue weighted by Gasteiger charge is -2.08. The highest BCUT2D eigenvalue weighted by atomic mass is 19.1. The molecular formula is C15H18FN3O. The number of benzene rings is 1. The Labute approximate surface area is 117 Å². The molecule has 1 heterocycles. The second-order valence-electron chi connectivity index (χ2n) is 4.76. The van der Waals surface area contributed by atoms with Gasteiger partial charge in [0.25, 0.3) is 0 Å². The quantitative estimate of drug-likeness (QED) is 0.912. The molecule has 0 spiro atoms. The maximum atomic E-state index is 12.8. The molecule has 1 N–H and O–H groups in total. The monoisotopic (exact) mass is 275 g/mol. The third-order valence-electron chi connectivity index (χ3n) is 3.24. The molecule has 0 saturated heterocycles. The van der Waals surface area contributed by atoms with Crippen LogP contribution in [0.4, 0.5) is 4.39 Å². The van der Waals surface area contributed by atoms with E-state index in [1.54, 1.807) is 23.0 Å². The second-order valence-corrected chi connectivity index (χ2v) is 4.76. The van der Waals surface area contributed by atoms with Crippen LogP contribution in [0.15, 0.2) is 36.5 Å². The summed E-state index contributed by atoms with van der Waals surface area (Å²) in [5.74, 6) is -0.236. The molecule has 0 aliphatic carbocycles. The summed E-state index contributed by atoms with van der Waals surface area (Å²) in [6.45, 7) is 4.28. The largest absolute Gasteiger partial charge is 0.350 e. The molecule has 1 atom stereocenters. The van der Waals surface area contributed by atoms with Crippen LogP contribution in [0.3, 0.4) is 0 Å². The van der Waals surface area contributed by atoms with E-state index in [9.17, 15) is 9.18 Å². The Bertz CT molecular complexity index is 577. The molecule has 0 aliphatic rings. The third-order valence-corrected chi connectivity index (χ3v) is 3.24. The van der Waals surface area contributed by atoms with Crippen molar-refractivity contribution in [3.05, 3.63) is 48.0 Å². The first-order valence-electron chi connectivity index (χ1n) is 6.68. The average molecular weight is 275 g/mol. The van der Waals surface area contributed by atoms with Crippen LogP contribution in [0.5, 0.6) is 0 Å². The maximum absolute atomic E-state index is 12.8. The Morgan fingerprint density at radius 1 is 1.35 bits per heavy atom. The summed E-state index contributed by atoms with van der Waals surface area (Å²) in [6.07, 6.45) is 2.60. The molecular weight excluding hydrogens is 257 g/mol. The topological polar surface area (TPSA) is 46.9 Å². The van der Waals surface area contributed by atoms with Crippen molar-refractivity contribution in [1.82, 2.24) is 15.1 Å². The lowest BCUT2D eigenvalue weighted by Crippen LogP contribution is -2.28. The highest BCUT2D eigenvalue weighted by Crippen LogP contribution is 2.09. The van der Waals surface area contributed by atoms with Crippen LogP contribution in [0.1, 0.15) is 26.0 Å². The molecule has 20 heavy (non-hydrogen) atoms. The van der Waals surface area contributed by atoms with E-state index in [-0.39, 0.29) is 17.6 Å². The fourth-order valence-corrected chi connectivity index (χ4v) is 1.73. The van der Waals surface area contributed by atoms with E-state index in [0.29, 0.717) is 6.54 Å². The number of carbonyl (C=O) groups is 1. The molecule has 1 aromatic heterocycles. The average Bonchev–Trinajstić information content (AvgIpc) is 2.93. The van der Waals surface area contributed by atoms with Gasteiger partial charge in [0.2, 0.25) is 5.91 Å². The van der Waals surface area contributed by atoms with Gasteiger partial charge in [-0.05, 0) is 36.8 Å². The standard InChI is InChI=1S/C15H18FN3O/c1-3-11(2)15(20)17-10-13-8-9-19(18-13)14-6-4-12(16)5-7-14/h4-9,11H,3,10H2,1-2H3,(H,17,20)/t11-/m1/s1. The van der Waals surface area contributed by atoms with Gasteiger partial charge in [-0.2, -0.15) is 5.10 Å². The summed E-state index contributed by atoms with van der Waals surface area (Å²) < 4.78 is 14.5. The molecule has 1 aromatic carbocycles. The SMILES string of the molecule is CC[C@@H](C)C(=O)NCc1ccn(-c2ccc(F)cc2)n1. The Morgan fingerprint density at radius 3 is 2.70 bits per heavy atom. The van der Waals surface area contributed by atoms with E-state index in [1.165, 1.54) is 12.1 Å². The summed E-state index contributed by atoms with van der Waals surface area (Å²) >= 11 is 0. The molecule has 2 aromatic rings. The van der Waals surface area contributed by atoms with Crippen LogP contribution in [0, 0.1) is 11.7 Å². The number of rotatable bonds is 5. The molecule has 106 valence electrons. The molecule has 0 saturated carbocycles. The van der Waals surface area contributed by atoms with Crippen molar-refractivity contribution in [3.63, 3.8) is 0 Å². The molecule has 2 rings (SSSR count). The van der Waals surface area contributed by atoms with Crippen LogP contribution in [0.2, 0.25) is 0 Å². The first-order valence-corrected chi connectivity index (χ1v) is 6.68. The fraction of sp³-hybridized carbons (Fsp3) is 0.333. The zero-order chi connectivity index (χ0) is 14.5. The Balaban J connectivity index is 1.99. The zero-order valence-corrected chi connectivity index (χ0v) is 11.6. The van der Waals surface area contributed by atoms with E-state index in [4.69, 9.17) is 0 Å². The number of hydrogen-bond donors (Lipinski definition) is 1. The molecule has 1 amide bonds. The van der Waals surface area contributed by atoms with Crippen molar-refractivity contribution in [1.29, 1.82) is 0 Å². The maximum Gasteiger partial charge on any atom is 0.223 e. The van der Waals surface area contributed by atoms with Gasteiger partial charge in [0.15, 0.2) is 0 Å². The molecule has 0 bridgehead atoms. The van der Waals surface area contributed by atoms with Gasteiger partial charge in [-0.1, -0.05) is 13.8 Å². The Hall–Kier alpha value is -2.17. The molecule has 5 heteroatoms. The predicted molar refractivity (Wildman–Crippen MR) is 74.8 cm³/mol. The molecule has 0 aliphatic heterocycles. The van der Waals surface area contributed by atoms with Crippen LogP contribution >= 0.6 is 0 Å². The van der Waals surface area contributed by atoms with Crippen LogP contribution in [0.25, 0.3) is 5.69 Å². The van der Waals surface area contributed by atoms with Crippen LogP contribution in [-0.4, -0.2) is 15.7 Å². The lowest BCUT2D eigenvalue weighted by molar-refractivity contribution is -0.124. The summed E-state index contributed by atoms with van der Waals surface area (Å²) in [7, 11) is 0. The van der Waals surface area contributed by atoms with Crippen molar-refractivity contribution in [2.45, 2.75) is 26.8 Å². The number of carbonyl (C=O) groups excluding carboxylic acids is 1. The summed E-state index contributed by atoms with van der Waals surface area (Å²) in [5, 5.41) is 7.20. The van der Waals surface area contributed by atoms with Crippen molar-refractivity contribution in [3.8, 4) is 5.69 Å². The number of amides is 1.